The van der Waals surface area contributed by atoms with Gasteiger partial charge >= 0.3 is 0 Å². The molecular formula is C24H29N3O5S. The molecule has 1 aliphatic rings. The predicted molar refractivity (Wildman–Crippen MR) is 131 cm³/mol. The van der Waals surface area contributed by atoms with Gasteiger partial charge in [0.1, 0.15) is 5.25 Å². The second-order valence-corrected chi connectivity index (χ2v) is 8.72. The molecule has 2 aromatic carbocycles. The second kappa shape index (κ2) is 11.2. The first-order valence-corrected chi connectivity index (χ1v) is 11.4. The number of nitrogens with one attached hydrogen (secondary N) is 1. The lowest BCUT2D eigenvalue weighted by Gasteiger charge is -2.16. The molecule has 1 heterocycles. The highest BCUT2D eigenvalue weighted by atomic mass is 32.2. The van der Waals surface area contributed by atoms with Crippen LogP contribution in [0, 0.1) is 13.8 Å². The predicted octanol–water partition coefficient (Wildman–Crippen LogP) is 3.93. The molecule has 3 rings (SSSR count). The number of amides is 2. The van der Waals surface area contributed by atoms with Gasteiger partial charge in [-0.2, -0.15) is 0 Å². The molecule has 9 heteroatoms. The Kier molecular flexibility index (Phi) is 8.35. The van der Waals surface area contributed by atoms with Crippen molar-refractivity contribution in [3.63, 3.8) is 0 Å². The van der Waals surface area contributed by atoms with Crippen molar-refractivity contribution in [3.05, 3.63) is 47.5 Å². The Balaban J connectivity index is 1.77. The van der Waals surface area contributed by atoms with E-state index in [1.54, 1.807) is 37.3 Å². The number of methoxy groups -OCH3 is 3. The van der Waals surface area contributed by atoms with E-state index in [-0.39, 0.29) is 18.2 Å². The first kappa shape index (κ1) is 24.6. The summed E-state index contributed by atoms with van der Waals surface area (Å²) in [5.74, 6) is 0.658. The molecular weight excluding hydrogens is 442 g/mol. The standard InChI is InChI=1S/C24H29N3O5S/c1-15-7-6-8-16(2)22(15)26-24-27(11-12-30-3)23(29)20(33-24)14-21(28)25-17-9-10-18(31-4)19(13-17)32-5/h6-10,13,20H,11-12,14H2,1-5H3,(H,25,28). The van der Waals surface area contributed by atoms with E-state index in [9.17, 15) is 9.59 Å². The van der Waals surface area contributed by atoms with Crippen LogP contribution in [0.4, 0.5) is 11.4 Å². The van der Waals surface area contributed by atoms with Crippen molar-refractivity contribution < 1.29 is 23.8 Å². The molecule has 0 bridgehead atoms. The minimum atomic E-state index is -0.565. The zero-order chi connectivity index (χ0) is 24.0. The molecule has 1 aliphatic heterocycles. The van der Waals surface area contributed by atoms with Crippen LogP contribution in [0.2, 0.25) is 0 Å². The summed E-state index contributed by atoms with van der Waals surface area (Å²) in [5, 5.41) is 2.85. The number of hydrogen-bond acceptors (Lipinski definition) is 7. The van der Waals surface area contributed by atoms with Crippen LogP contribution >= 0.6 is 11.8 Å². The molecule has 2 aromatic rings. The lowest BCUT2D eigenvalue weighted by atomic mass is 10.1. The minimum absolute atomic E-state index is 0.0209. The van der Waals surface area contributed by atoms with Gasteiger partial charge in [-0.3, -0.25) is 14.5 Å². The molecule has 8 nitrogen and oxygen atoms in total. The highest BCUT2D eigenvalue weighted by molar-refractivity contribution is 8.15. The van der Waals surface area contributed by atoms with Crippen molar-refractivity contribution in [2.45, 2.75) is 25.5 Å². The third kappa shape index (κ3) is 5.85. The quantitative estimate of drug-likeness (QED) is 0.596. The fraction of sp³-hybridized carbons (Fsp3) is 0.375. The number of hydrogen-bond donors (Lipinski definition) is 1. The molecule has 0 spiro atoms. The Morgan fingerprint density at radius 3 is 2.42 bits per heavy atom. The summed E-state index contributed by atoms with van der Waals surface area (Å²) in [6, 6.07) is 11.1. The fourth-order valence-corrected chi connectivity index (χ4v) is 4.66. The lowest BCUT2D eigenvalue weighted by Crippen LogP contribution is -2.35. The Hall–Kier alpha value is -3.04. The van der Waals surface area contributed by atoms with E-state index in [2.05, 4.69) is 5.32 Å². The number of anilines is 1. The van der Waals surface area contributed by atoms with Gasteiger partial charge in [0.15, 0.2) is 16.7 Å². The van der Waals surface area contributed by atoms with Crippen LogP contribution in [0.1, 0.15) is 17.5 Å². The zero-order valence-electron chi connectivity index (χ0n) is 19.5. The summed E-state index contributed by atoms with van der Waals surface area (Å²) >= 11 is 1.31. The van der Waals surface area contributed by atoms with Crippen LogP contribution < -0.4 is 14.8 Å². The average Bonchev–Trinajstić information content (AvgIpc) is 3.08. The monoisotopic (exact) mass is 471 g/mol. The smallest absolute Gasteiger partial charge is 0.242 e. The molecule has 0 radical (unpaired) electrons. The van der Waals surface area contributed by atoms with Crippen LogP contribution in [0.15, 0.2) is 41.4 Å². The van der Waals surface area contributed by atoms with Crippen LogP contribution in [-0.4, -0.2) is 61.6 Å². The van der Waals surface area contributed by atoms with Gasteiger partial charge in [0.05, 0.1) is 33.1 Å². The summed E-state index contributed by atoms with van der Waals surface area (Å²) < 4.78 is 15.7. The molecule has 0 saturated carbocycles. The normalized spacial score (nSPS) is 16.9. The maximum Gasteiger partial charge on any atom is 0.242 e. The van der Waals surface area contributed by atoms with Crippen molar-refractivity contribution in [1.82, 2.24) is 4.90 Å². The SMILES string of the molecule is COCCN1C(=O)C(CC(=O)Nc2ccc(OC)c(OC)c2)SC1=Nc1c(C)cccc1C. The third-order valence-corrected chi connectivity index (χ3v) is 6.40. The Morgan fingerprint density at radius 2 is 1.79 bits per heavy atom. The lowest BCUT2D eigenvalue weighted by molar-refractivity contribution is -0.128. The van der Waals surface area contributed by atoms with Gasteiger partial charge in [0.25, 0.3) is 0 Å². The van der Waals surface area contributed by atoms with Crippen molar-refractivity contribution in [2.24, 2.45) is 4.99 Å². The van der Waals surface area contributed by atoms with Crippen molar-refractivity contribution in [2.75, 3.05) is 39.8 Å². The summed E-state index contributed by atoms with van der Waals surface area (Å²) in [6.07, 6.45) is 0.0209. The zero-order valence-corrected chi connectivity index (χ0v) is 20.3. The van der Waals surface area contributed by atoms with Gasteiger partial charge in [0.2, 0.25) is 11.8 Å². The number of rotatable bonds is 9. The maximum atomic E-state index is 13.1. The van der Waals surface area contributed by atoms with Crippen LogP contribution in [0.5, 0.6) is 11.5 Å². The average molecular weight is 472 g/mol. The van der Waals surface area contributed by atoms with E-state index in [1.165, 1.54) is 18.9 Å². The Morgan fingerprint density at radius 1 is 1.09 bits per heavy atom. The van der Waals surface area contributed by atoms with E-state index in [0.717, 1.165) is 16.8 Å². The summed E-state index contributed by atoms with van der Waals surface area (Å²) in [6.45, 7) is 4.73. The van der Waals surface area contributed by atoms with Crippen molar-refractivity contribution in [3.8, 4) is 11.5 Å². The van der Waals surface area contributed by atoms with E-state index >= 15 is 0 Å². The number of aliphatic imine (C=N–C) groups is 1. The highest BCUT2D eigenvalue weighted by Gasteiger charge is 2.39. The number of amidine groups is 1. The topological polar surface area (TPSA) is 89.5 Å². The molecule has 1 unspecified atom stereocenters. The number of aryl methyl sites for hydroxylation is 2. The number of carbonyl (C=O) groups excluding carboxylic acids is 2. The molecule has 0 aromatic heterocycles. The summed E-state index contributed by atoms with van der Waals surface area (Å²) in [4.78, 5) is 32.2. The van der Waals surface area contributed by atoms with Gasteiger partial charge in [-0.25, -0.2) is 4.99 Å². The van der Waals surface area contributed by atoms with Crippen LogP contribution in [0.3, 0.4) is 0 Å². The molecule has 1 fully saturated rings. The number of nitrogens with zero attached hydrogens (tertiary/aromatic N) is 2. The van der Waals surface area contributed by atoms with E-state index in [0.29, 0.717) is 35.5 Å². The van der Waals surface area contributed by atoms with Gasteiger partial charge in [0, 0.05) is 25.3 Å². The second-order valence-electron chi connectivity index (χ2n) is 7.55. The van der Waals surface area contributed by atoms with Gasteiger partial charge in [-0.05, 0) is 37.1 Å². The van der Waals surface area contributed by atoms with E-state index in [4.69, 9.17) is 19.2 Å². The largest absolute Gasteiger partial charge is 0.493 e. The molecule has 1 saturated heterocycles. The number of benzene rings is 2. The number of carbonyl (C=O) groups is 2. The van der Waals surface area contributed by atoms with Crippen molar-refractivity contribution >= 4 is 40.1 Å². The van der Waals surface area contributed by atoms with Crippen molar-refractivity contribution in [1.29, 1.82) is 0 Å². The number of para-hydroxylation sites is 1. The molecule has 0 aliphatic carbocycles. The van der Waals surface area contributed by atoms with Gasteiger partial charge < -0.3 is 19.5 Å². The molecule has 1 atom stereocenters. The fourth-order valence-electron chi connectivity index (χ4n) is 3.49. The number of ether oxygens (including phenoxy) is 3. The third-order valence-electron chi connectivity index (χ3n) is 5.22. The van der Waals surface area contributed by atoms with Crippen LogP contribution in [-0.2, 0) is 14.3 Å². The molecule has 176 valence electrons. The van der Waals surface area contributed by atoms with Crippen LogP contribution in [0.25, 0.3) is 0 Å². The molecule has 1 N–H and O–H groups in total. The summed E-state index contributed by atoms with van der Waals surface area (Å²) in [5.41, 5.74) is 3.45. The molecule has 2 amide bonds. The Bertz CT molecular complexity index is 1040. The highest BCUT2D eigenvalue weighted by Crippen LogP contribution is 2.34. The Labute approximate surface area is 198 Å². The number of thioether (sulfide) groups is 1. The van der Waals surface area contributed by atoms with E-state index in [1.807, 2.05) is 32.0 Å². The first-order chi connectivity index (χ1) is 15.9. The van der Waals surface area contributed by atoms with E-state index < -0.39 is 5.25 Å². The molecule has 33 heavy (non-hydrogen) atoms. The maximum absolute atomic E-state index is 13.1. The van der Waals surface area contributed by atoms with Gasteiger partial charge in [-0.15, -0.1) is 0 Å². The minimum Gasteiger partial charge on any atom is -0.493 e. The summed E-state index contributed by atoms with van der Waals surface area (Å²) in [7, 11) is 4.67. The van der Waals surface area contributed by atoms with Gasteiger partial charge in [-0.1, -0.05) is 30.0 Å². The first-order valence-electron chi connectivity index (χ1n) is 10.5.